The zero-order chi connectivity index (χ0) is 19.9. The molecule has 1 fully saturated rings. The van der Waals surface area contributed by atoms with Crippen LogP contribution in [0.1, 0.15) is 32.3 Å². The van der Waals surface area contributed by atoms with E-state index in [2.05, 4.69) is 15.6 Å². The number of guanidine groups is 1. The molecule has 152 valence electrons. The Bertz CT molecular complexity index is 643. The predicted molar refractivity (Wildman–Crippen MR) is 110 cm³/mol. The van der Waals surface area contributed by atoms with Gasteiger partial charge in [0.05, 0.1) is 12.7 Å². The molecule has 0 spiro atoms. The first-order valence-corrected chi connectivity index (χ1v) is 9.65. The summed E-state index contributed by atoms with van der Waals surface area (Å²) in [7, 11) is 5.17. The smallest absolute Gasteiger partial charge is 0.191 e. The Labute approximate surface area is 167 Å². The summed E-state index contributed by atoms with van der Waals surface area (Å²) >= 11 is 6.30. The van der Waals surface area contributed by atoms with Gasteiger partial charge in [-0.3, -0.25) is 4.99 Å². The number of hydrogen-bond acceptors (Lipinski definition) is 4. The summed E-state index contributed by atoms with van der Waals surface area (Å²) in [4.78, 5) is 4.35. The molecule has 1 aromatic carbocycles. The van der Waals surface area contributed by atoms with E-state index in [0.29, 0.717) is 31.3 Å². The number of benzene rings is 1. The van der Waals surface area contributed by atoms with Gasteiger partial charge in [-0.1, -0.05) is 11.6 Å². The number of rotatable bonds is 7. The maximum atomic E-state index is 6.30. The highest BCUT2D eigenvalue weighted by molar-refractivity contribution is 6.30. The molecule has 0 bridgehead atoms. The van der Waals surface area contributed by atoms with Crippen molar-refractivity contribution in [1.29, 1.82) is 0 Å². The van der Waals surface area contributed by atoms with Crippen molar-refractivity contribution in [3.63, 3.8) is 0 Å². The van der Waals surface area contributed by atoms with Gasteiger partial charge >= 0.3 is 0 Å². The molecule has 1 aliphatic rings. The molecule has 27 heavy (non-hydrogen) atoms. The van der Waals surface area contributed by atoms with E-state index in [1.807, 2.05) is 32.0 Å². The van der Waals surface area contributed by atoms with E-state index in [9.17, 15) is 0 Å². The second-order valence-electron chi connectivity index (χ2n) is 7.48. The zero-order valence-corrected chi connectivity index (χ0v) is 17.8. The van der Waals surface area contributed by atoms with Gasteiger partial charge in [0.2, 0.25) is 0 Å². The highest BCUT2D eigenvalue weighted by atomic mass is 35.5. The third-order valence-electron chi connectivity index (χ3n) is 5.23. The topological polar surface area (TPSA) is 64.1 Å². The number of aliphatic imine (C=N–C) groups is 1. The first-order valence-electron chi connectivity index (χ1n) is 9.27. The van der Waals surface area contributed by atoms with Gasteiger partial charge in [0.15, 0.2) is 5.96 Å². The van der Waals surface area contributed by atoms with Crippen molar-refractivity contribution >= 4 is 17.6 Å². The Hall–Kier alpha value is -1.50. The van der Waals surface area contributed by atoms with E-state index in [1.54, 1.807) is 21.3 Å². The fourth-order valence-corrected chi connectivity index (χ4v) is 3.41. The third kappa shape index (κ3) is 5.74. The van der Waals surface area contributed by atoms with Gasteiger partial charge < -0.3 is 24.8 Å². The highest BCUT2D eigenvalue weighted by Gasteiger charge is 2.37. The average molecular weight is 398 g/mol. The van der Waals surface area contributed by atoms with Gasteiger partial charge in [0, 0.05) is 56.5 Å². The lowest BCUT2D eigenvalue weighted by Crippen LogP contribution is -2.50. The van der Waals surface area contributed by atoms with Crippen molar-refractivity contribution in [2.45, 2.75) is 37.7 Å². The Kier molecular flexibility index (Phi) is 7.77. The first-order chi connectivity index (χ1) is 12.9. The van der Waals surface area contributed by atoms with Gasteiger partial charge in [0.25, 0.3) is 0 Å². The lowest BCUT2D eigenvalue weighted by Gasteiger charge is -2.39. The van der Waals surface area contributed by atoms with E-state index in [0.717, 1.165) is 30.1 Å². The second-order valence-corrected chi connectivity index (χ2v) is 7.92. The van der Waals surface area contributed by atoms with Crippen molar-refractivity contribution in [3.8, 4) is 5.75 Å². The van der Waals surface area contributed by atoms with Crippen LogP contribution in [0.3, 0.4) is 0 Å². The minimum Gasteiger partial charge on any atom is -0.496 e. The number of ether oxygens (including phenoxy) is 3. The van der Waals surface area contributed by atoms with Crippen molar-refractivity contribution < 1.29 is 14.2 Å². The molecule has 0 saturated carbocycles. The maximum Gasteiger partial charge on any atom is 0.191 e. The molecule has 0 radical (unpaired) electrons. The van der Waals surface area contributed by atoms with E-state index >= 15 is 0 Å². The molecule has 1 heterocycles. The van der Waals surface area contributed by atoms with Crippen LogP contribution < -0.4 is 15.4 Å². The van der Waals surface area contributed by atoms with E-state index in [-0.39, 0.29) is 11.0 Å². The predicted octanol–water partition coefficient (Wildman–Crippen LogP) is 2.99. The number of halogens is 1. The van der Waals surface area contributed by atoms with E-state index in [4.69, 9.17) is 25.8 Å². The number of methoxy groups -OCH3 is 2. The van der Waals surface area contributed by atoms with Crippen LogP contribution in [0.2, 0.25) is 5.02 Å². The highest BCUT2D eigenvalue weighted by Crippen LogP contribution is 2.40. The van der Waals surface area contributed by atoms with Crippen LogP contribution in [0.4, 0.5) is 0 Å². The fraction of sp³-hybridized carbons (Fsp3) is 0.650. The fourth-order valence-electron chi connectivity index (χ4n) is 3.24. The van der Waals surface area contributed by atoms with Crippen LogP contribution >= 0.6 is 11.6 Å². The second kappa shape index (κ2) is 9.62. The van der Waals surface area contributed by atoms with Crippen molar-refractivity contribution in [1.82, 2.24) is 10.6 Å². The summed E-state index contributed by atoms with van der Waals surface area (Å²) in [5.41, 5.74) is 0.702. The molecule has 1 saturated heterocycles. The standard InChI is InChI=1S/C20H32ClN3O3/c1-19(2,26-5)13-23-18(22-3)24-14-20(8-10-27-11-9-20)16-12-15(21)6-7-17(16)25-4/h6-7,12H,8-11,13-14H2,1-5H3,(H2,22,23,24). The van der Waals surface area contributed by atoms with E-state index in [1.165, 1.54) is 0 Å². The SMILES string of the molecule is CN=C(NCC(C)(C)OC)NCC1(c2cc(Cl)ccc2OC)CCOCC1. The molecule has 1 aliphatic heterocycles. The molecular weight excluding hydrogens is 366 g/mol. The summed E-state index contributed by atoms with van der Waals surface area (Å²) < 4.78 is 16.7. The molecule has 7 heteroatoms. The van der Waals surface area contributed by atoms with Crippen molar-refractivity contribution in [2.75, 3.05) is 47.6 Å². The zero-order valence-electron chi connectivity index (χ0n) is 17.0. The van der Waals surface area contributed by atoms with Gasteiger partial charge in [-0.15, -0.1) is 0 Å². The molecule has 0 aromatic heterocycles. The van der Waals surface area contributed by atoms with Crippen molar-refractivity contribution in [3.05, 3.63) is 28.8 Å². The number of hydrogen-bond donors (Lipinski definition) is 2. The average Bonchev–Trinajstić information content (AvgIpc) is 2.68. The van der Waals surface area contributed by atoms with Crippen LogP contribution in [-0.2, 0) is 14.9 Å². The van der Waals surface area contributed by atoms with Crippen LogP contribution in [0.5, 0.6) is 5.75 Å². The Morgan fingerprint density at radius 2 is 1.96 bits per heavy atom. The van der Waals surface area contributed by atoms with Crippen molar-refractivity contribution in [2.24, 2.45) is 4.99 Å². The molecule has 6 nitrogen and oxygen atoms in total. The largest absolute Gasteiger partial charge is 0.496 e. The summed E-state index contributed by atoms with van der Waals surface area (Å²) in [6.07, 6.45) is 1.77. The minimum atomic E-state index is -0.274. The first kappa shape index (κ1) is 21.8. The Morgan fingerprint density at radius 1 is 1.26 bits per heavy atom. The maximum absolute atomic E-state index is 6.30. The third-order valence-corrected chi connectivity index (χ3v) is 5.47. The number of nitrogens with zero attached hydrogens (tertiary/aromatic N) is 1. The van der Waals surface area contributed by atoms with E-state index < -0.39 is 0 Å². The monoisotopic (exact) mass is 397 g/mol. The molecule has 2 N–H and O–H groups in total. The van der Waals surface area contributed by atoms with Gasteiger partial charge in [-0.05, 0) is 44.9 Å². The quantitative estimate of drug-likeness (QED) is 0.547. The molecule has 0 atom stereocenters. The van der Waals surface area contributed by atoms with Gasteiger partial charge in [-0.25, -0.2) is 0 Å². The van der Waals surface area contributed by atoms with Crippen LogP contribution in [0.25, 0.3) is 0 Å². The molecule has 0 amide bonds. The molecule has 2 rings (SSSR count). The summed E-state index contributed by atoms with van der Waals surface area (Å²) in [6, 6.07) is 5.80. The summed E-state index contributed by atoms with van der Waals surface area (Å²) in [5.74, 6) is 1.60. The van der Waals surface area contributed by atoms with Gasteiger partial charge in [0.1, 0.15) is 5.75 Å². The summed E-state index contributed by atoms with van der Waals surface area (Å²) in [5, 5.41) is 7.52. The number of nitrogens with one attached hydrogen (secondary N) is 2. The Balaban J connectivity index is 2.18. The van der Waals surface area contributed by atoms with Gasteiger partial charge in [-0.2, -0.15) is 0 Å². The molecule has 0 unspecified atom stereocenters. The molecule has 0 aliphatic carbocycles. The molecule has 1 aromatic rings. The van der Waals surface area contributed by atoms with Crippen LogP contribution in [0.15, 0.2) is 23.2 Å². The molecular formula is C20H32ClN3O3. The van der Waals surface area contributed by atoms with Crippen LogP contribution in [-0.4, -0.2) is 59.1 Å². The summed E-state index contributed by atoms with van der Waals surface area (Å²) in [6.45, 7) is 6.84. The lowest BCUT2D eigenvalue weighted by molar-refractivity contribution is 0.0267. The normalized spacial score (nSPS) is 17.5. The minimum absolute atomic E-state index is 0.136. The Morgan fingerprint density at radius 3 is 2.56 bits per heavy atom. The van der Waals surface area contributed by atoms with Crippen LogP contribution in [0, 0.1) is 0 Å². The lowest BCUT2D eigenvalue weighted by atomic mass is 9.73.